The van der Waals surface area contributed by atoms with Crippen molar-refractivity contribution < 1.29 is 14.3 Å². The zero-order valence-electron chi connectivity index (χ0n) is 15.8. The molecule has 0 aliphatic carbocycles. The number of amides is 1. The molecule has 27 heavy (non-hydrogen) atoms. The molecule has 4 rings (SSSR count). The van der Waals surface area contributed by atoms with E-state index in [-0.39, 0.29) is 12.0 Å². The fourth-order valence-electron chi connectivity index (χ4n) is 4.20. The summed E-state index contributed by atoms with van der Waals surface area (Å²) in [4.78, 5) is 19.0. The largest absolute Gasteiger partial charge is 0.481 e. The van der Waals surface area contributed by atoms with Gasteiger partial charge in [-0.05, 0) is 18.2 Å². The molecule has 2 aromatic rings. The van der Waals surface area contributed by atoms with Gasteiger partial charge in [0.15, 0.2) is 0 Å². The molecule has 0 radical (unpaired) electrons. The van der Waals surface area contributed by atoms with E-state index >= 15 is 0 Å². The molecule has 0 spiro atoms. The van der Waals surface area contributed by atoms with Gasteiger partial charge in [0.2, 0.25) is 5.88 Å². The zero-order chi connectivity index (χ0) is 18.8. The van der Waals surface area contributed by atoms with Crippen LogP contribution in [0.4, 0.5) is 0 Å². The number of pyridine rings is 1. The highest BCUT2D eigenvalue weighted by Gasteiger charge is 2.43. The van der Waals surface area contributed by atoms with E-state index in [9.17, 15) is 4.79 Å². The minimum atomic E-state index is -0.0269. The van der Waals surface area contributed by atoms with Crippen molar-refractivity contribution in [1.82, 2.24) is 19.8 Å². The number of ether oxygens (including phenoxy) is 2. The number of aryl methyl sites for hydroxylation is 1. The van der Waals surface area contributed by atoms with Crippen LogP contribution in [0.25, 0.3) is 0 Å². The van der Waals surface area contributed by atoms with Crippen molar-refractivity contribution >= 4 is 5.91 Å². The molecule has 0 saturated carbocycles. The van der Waals surface area contributed by atoms with Crippen molar-refractivity contribution in [3.63, 3.8) is 0 Å². The van der Waals surface area contributed by atoms with Gasteiger partial charge < -0.3 is 19.4 Å². The maximum absolute atomic E-state index is 12.3. The highest BCUT2D eigenvalue weighted by Crippen LogP contribution is 2.34. The lowest BCUT2D eigenvalue weighted by atomic mass is 9.93. The second kappa shape index (κ2) is 7.70. The van der Waals surface area contributed by atoms with Gasteiger partial charge in [-0.3, -0.25) is 9.69 Å². The molecule has 3 atom stereocenters. The standard InChI is InChI=1S/C20H26N4O3/c1-23-8-4-6-17(23)19(25)22-9-15-13-27-18-12-24(11-16(15)18)10-14-5-3-7-21-20(14)26-2/h3-8,15-16,18H,9-13H2,1-2H3,(H,22,25)/t15-,16-,18-/m1/s1. The zero-order valence-corrected chi connectivity index (χ0v) is 15.8. The minimum Gasteiger partial charge on any atom is -0.481 e. The number of fused-ring (bicyclic) bond motifs is 1. The van der Waals surface area contributed by atoms with Crippen molar-refractivity contribution in [2.45, 2.75) is 12.6 Å². The Balaban J connectivity index is 1.33. The number of carbonyl (C=O) groups excluding carboxylic acids is 1. The highest BCUT2D eigenvalue weighted by atomic mass is 16.5. The average Bonchev–Trinajstić information content (AvgIpc) is 3.36. The average molecular weight is 370 g/mol. The van der Waals surface area contributed by atoms with E-state index < -0.39 is 0 Å². The molecule has 1 amide bonds. The van der Waals surface area contributed by atoms with Crippen LogP contribution in [-0.2, 0) is 18.3 Å². The Morgan fingerprint density at radius 1 is 1.37 bits per heavy atom. The van der Waals surface area contributed by atoms with Crippen LogP contribution < -0.4 is 10.1 Å². The Morgan fingerprint density at radius 2 is 2.26 bits per heavy atom. The molecule has 144 valence electrons. The predicted molar refractivity (Wildman–Crippen MR) is 101 cm³/mol. The molecule has 7 heteroatoms. The Kier molecular flexibility index (Phi) is 5.13. The van der Waals surface area contributed by atoms with E-state index in [0.29, 0.717) is 36.6 Å². The number of carbonyl (C=O) groups is 1. The third kappa shape index (κ3) is 3.70. The van der Waals surface area contributed by atoms with Crippen molar-refractivity contribution in [2.75, 3.05) is 33.4 Å². The first-order valence-electron chi connectivity index (χ1n) is 9.37. The van der Waals surface area contributed by atoms with Crippen LogP contribution >= 0.6 is 0 Å². The Hall–Kier alpha value is -2.38. The van der Waals surface area contributed by atoms with E-state index in [1.165, 1.54) is 0 Å². The number of rotatable bonds is 6. The maximum Gasteiger partial charge on any atom is 0.267 e. The summed E-state index contributed by atoms with van der Waals surface area (Å²) in [6.45, 7) is 4.04. The number of hydrogen-bond acceptors (Lipinski definition) is 5. The molecule has 2 fully saturated rings. The van der Waals surface area contributed by atoms with Crippen molar-refractivity contribution in [2.24, 2.45) is 18.9 Å². The summed E-state index contributed by atoms with van der Waals surface area (Å²) in [7, 11) is 3.53. The lowest BCUT2D eigenvalue weighted by Crippen LogP contribution is -2.34. The SMILES string of the molecule is COc1ncccc1CN1C[C@@H]2[C@H](CNC(=O)c3cccn3C)CO[C@@H]2C1. The number of likely N-dealkylation sites (tertiary alicyclic amines) is 1. The predicted octanol–water partition coefficient (Wildman–Crippen LogP) is 1.31. The van der Waals surface area contributed by atoms with Crippen LogP contribution in [0.5, 0.6) is 5.88 Å². The quantitative estimate of drug-likeness (QED) is 0.830. The molecule has 2 aromatic heterocycles. The summed E-state index contributed by atoms with van der Waals surface area (Å²) in [6.07, 6.45) is 3.87. The molecule has 1 N–H and O–H groups in total. The summed E-state index contributed by atoms with van der Waals surface area (Å²) >= 11 is 0. The van der Waals surface area contributed by atoms with Crippen LogP contribution in [0.15, 0.2) is 36.7 Å². The lowest BCUT2D eigenvalue weighted by molar-refractivity contribution is 0.0898. The number of methoxy groups -OCH3 is 1. The van der Waals surface area contributed by atoms with Gasteiger partial charge in [-0.15, -0.1) is 0 Å². The molecular weight excluding hydrogens is 344 g/mol. The summed E-state index contributed by atoms with van der Waals surface area (Å²) in [5.74, 6) is 1.45. The third-order valence-corrected chi connectivity index (χ3v) is 5.65. The second-order valence-electron chi connectivity index (χ2n) is 7.38. The highest BCUT2D eigenvalue weighted by molar-refractivity contribution is 5.92. The summed E-state index contributed by atoms with van der Waals surface area (Å²) in [6, 6.07) is 7.71. The van der Waals surface area contributed by atoms with Gasteiger partial charge in [0, 0.05) is 63.0 Å². The first-order valence-corrected chi connectivity index (χ1v) is 9.37. The van der Waals surface area contributed by atoms with Crippen LogP contribution in [0.1, 0.15) is 16.1 Å². The van der Waals surface area contributed by atoms with Crippen molar-refractivity contribution in [3.05, 3.63) is 47.9 Å². The van der Waals surface area contributed by atoms with Crippen LogP contribution in [0.3, 0.4) is 0 Å². The Bertz CT molecular complexity index is 806. The number of nitrogens with zero attached hydrogens (tertiary/aromatic N) is 3. The molecule has 0 bridgehead atoms. The normalized spacial score (nSPS) is 24.7. The van der Waals surface area contributed by atoms with Crippen LogP contribution in [0, 0.1) is 11.8 Å². The summed E-state index contributed by atoms with van der Waals surface area (Å²) in [5, 5.41) is 3.07. The van der Waals surface area contributed by atoms with Gasteiger partial charge >= 0.3 is 0 Å². The topological polar surface area (TPSA) is 68.6 Å². The van der Waals surface area contributed by atoms with Crippen LogP contribution in [-0.4, -0.2) is 59.8 Å². The molecule has 7 nitrogen and oxygen atoms in total. The van der Waals surface area contributed by atoms with Gasteiger partial charge in [-0.25, -0.2) is 4.98 Å². The van der Waals surface area contributed by atoms with Gasteiger partial charge in [-0.2, -0.15) is 0 Å². The molecule has 4 heterocycles. The Morgan fingerprint density at radius 3 is 3.04 bits per heavy atom. The van der Waals surface area contributed by atoms with Gasteiger partial charge in [0.1, 0.15) is 5.69 Å². The lowest BCUT2D eigenvalue weighted by Gasteiger charge is -2.20. The fraction of sp³-hybridized carbons (Fsp3) is 0.500. The van der Waals surface area contributed by atoms with Crippen molar-refractivity contribution in [1.29, 1.82) is 0 Å². The number of nitrogens with one attached hydrogen (secondary N) is 1. The van der Waals surface area contributed by atoms with Crippen LogP contribution in [0.2, 0.25) is 0 Å². The Labute approximate surface area is 159 Å². The monoisotopic (exact) mass is 370 g/mol. The summed E-state index contributed by atoms with van der Waals surface area (Å²) < 4.78 is 13.2. The molecule has 2 aliphatic heterocycles. The van der Waals surface area contributed by atoms with E-state index in [2.05, 4.69) is 21.3 Å². The molecule has 0 aromatic carbocycles. The van der Waals surface area contributed by atoms with Crippen molar-refractivity contribution in [3.8, 4) is 5.88 Å². The third-order valence-electron chi connectivity index (χ3n) is 5.65. The first kappa shape index (κ1) is 18.0. The molecular formula is C20H26N4O3. The van der Waals surface area contributed by atoms with E-state index in [1.807, 2.05) is 36.0 Å². The van der Waals surface area contributed by atoms with E-state index in [1.54, 1.807) is 13.3 Å². The van der Waals surface area contributed by atoms with E-state index in [0.717, 1.165) is 25.2 Å². The molecule has 2 saturated heterocycles. The number of hydrogen-bond donors (Lipinski definition) is 1. The minimum absolute atomic E-state index is 0.0269. The van der Waals surface area contributed by atoms with Gasteiger partial charge in [0.05, 0.1) is 19.8 Å². The maximum atomic E-state index is 12.3. The smallest absolute Gasteiger partial charge is 0.267 e. The molecule has 0 unspecified atom stereocenters. The molecule has 2 aliphatic rings. The summed E-state index contributed by atoms with van der Waals surface area (Å²) in [5.41, 5.74) is 1.77. The van der Waals surface area contributed by atoms with Gasteiger partial charge in [-0.1, -0.05) is 6.07 Å². The van der Waals surface area contributed by atoms with E-state index in [4.69, 9.17) is 9.47 Å². The number of aromatic nitrogens is 2. The van der Waals surface area contributed by atoms with Gasteiger partial charge in [0.25, 0.3) is 5.91 Å². The second-order valence-corrected chi connectivity index (χ2v) is 7.38. The fourth-order valence-corrected chi connectivity index (χ4v) is 4.20. The first-order chi connectivity index (χ1) is 13.2.